The molecule has 0 aliphatic rings. The van der Waals surface area contributed by atoms with Gasteiger partial charge in [0.05, 0.1) is 124 Å². The number of nitrogens with zero attached hydrogens (tertiary/aromatic N) is 2. The van der Waals surface area contributed by atoms with E-state index < -0.39 is 65.5 Å². The van der Waals surface area contributed by atoms with Gasteiger partial charge in [0, 0.05) is 11.1 Å². The van der Waals surface area contributed by atoms with Gasteiger partial charge in [-0.15, -0.1) is 0 Å². The van der Waals surface area contributed by atoms with Crippen LogP contribution in [0.2, 0.25) is 0 Å². The molecule has 5 aromatic rings. The van der Waals surface area contributed by atoms with Crippen LogP contribution >= 0.6 is 0 Å². The molecular formula is C57H55N5O21. The van der Waals surface area contributed by atoms with Crippen molar-refractivity contribution in [1.82, 2.24) is 0 Å². The van der Waals surface area contributed by atoms with E-state index in [1.165, 1.54) is 134 Å². The van der Waals surface area contributed by atoms with E-state index in [2.05, 4.69) is 23.7 Å². The number of benzene rings is 5. The summed E-state index contributed by atoms with van der Waals surface area (Å²) in [6.45, 7) is 2.71. The lowest BCUT2D eigenvalue weighted by atomic mass is 10.0. The number of Topliss-reactive ketones (excluding diaryl/α,β-unsaturated/α-hetero) is 2. The maximum atomic E-state index is 11.4. The highest BCUT2D eigenvalue weighted by molar-refractivity contribution is 6.00. The molecule has 434 valence electrons. The SMILES string of the molecule is CC(=O)c1cc(CC(N)=O)cc(C(=O)O)c1.COC(=O)c1cc(CC#N)cc(C(=O)O)c1.COC(=O)c1cc(CC#N)cc(C(=O)OC)c1.COC(=O)c1cc(CC(N)=O)cc(C(=O)O)c1.COC(=O)c1cc(CC(N)=O)cc(C(C)=O)c1. The number of nitrogens with two attached hydrogens (primary N) is 3. The van der Waals surface area contributed by atoms with Crippen molar-refractivity contribution >= 4 is 77.0 Å². The zero-order chi connectivity index (χ0) is 63.3. The van der Waals surface area contributed by atoms with Crippen LogP contribution in [0.4, 0.5) is 0 Å². The number of aromatic carboxylic acids is 3. The average Bonchev–Trinajstić information content (AvgIpc) is 3.45. The van der Waals surface area contributed by atoms with E-state index in [4.69, 9.17) is 43.0 Å². The van der Waals surface area contributed by atoms with Crippen LogP contribution in [0.5, 0.6) is 0 Å². The van der Waals surface area contributed by atoms with Crippen molar-refractivity contribution in [2.24, 2.45) is 17.2 Å². The number of ether oxygens (including phenoxy) is 5. The number of hydrogen-bond donors (Lipinski definition) is 6. The third kappa shape index (κ3) is 24.4. The van der Waals surface area contributed by atoms with Gasteiger partial charge in [-0.05, 0) is 133 Å². The molecule has 0 aliphatic carbocycles. The van der Waals surface area contributed by atoms with Crippen LogP contribution in [0, 0.1) is 22.7 Å². The van der Waals surface area contributed by atoms with Gasteiger partial charge in [-0.1, -0.05) is 0 Å². The molecule has 0 saturated carbocycles. The number of esters is 5. The second-order valence-corrected chi connectivity index (χ2v) is 16.7. The molecule has 26 heteroatoms. The Balaban J connectivity index is 0.000000519. The topological polar surface area (TPSA) is 454 Å². The minimum Gasteiger partial charge on any atom is -0.478 e. The standard InChI is InChI=1S/C12H13NO4.C12H11NO4.C11H11NO5.C11H11NO4.C11H9NO4/c1-7(14)9-3-8(5-11(13)15)4-10(6-9)12(16)17-2;1-16-11(14)9-5-8(3-4-13)6-10(7-9)12(15)17-2;1-17-11(16)8-3-6(4-9(12)13)2-7(5-8)10(14)15;1-6(13)8-2-7(4-10(12)14)3-9(5-8)11(15)16;1-16-11(15)9-5-7(2-3-12)4-8(6-9)10(13)14/h3-4,6H,5H2,1-2H3,(H2,13,15);5-7H,3H2,1-2H3;2-3,5H,4H2,1H3,(H2,12,13)(H,14,15);2-3,5H,4H2,1H3,(H2,12,14)(H,15,16);4-6H,2H2,1H3,(H,13,14). The normalized spacial score (nSPS) is 9.55. The summed E-state index contributed by atoms with van der Waals surface area (Å²) in [5, 5.41) is 43.6. The number of amides is 3. The van der Waals surface area contributed by atoms with Gasteiger partial charge in [-0.25, -0.2) is 38.4 Å². The van der Waals surface area contributed by atoms with E-state index in [-0.39, 0.29) is 93.7 Å². The molecule has 0 unspecified atom stereocenters. The minimum atomic E-state index is -1.19. The Morgan fingerprint density at radius 2 is 0.518 bits per heavy atom. The van der Waals surface area contributed by atoms with E-state index >= 15 is 0 Å². The zero-order valence-electron chi connectivity index (χ0n) is 45.5. The van der Waals surface area contributed by atoms with Crippen LogP contribution in [-0.4, -0.2) is 128 Å². The maximum Gasteiger partial charge on any atom is 0.337 e. The Bertz CT molecular complexity index is 3270. The number of carboxylic acids is 3. The fourth-order valence-electron chi connectivity index (χ4n) is 6.71. The first-order valence-electron chi connectivity index (χ1n) is 23.4. The molecule has 0 heterocycles. The number of carbonyl (C=O) groups is 13. The van der Waals surface area contributed by atoms with Gasteiger partial charge in [0.15, 0.2) is 11.6 Å². The molecule has 0 saturated heterocycles. The van der Waals surface area contributed by atoms with Gasteiger partial charge in [-0.3, -0.25) is 24.0 Å². The lowest BCUT2D eigenvalue weighted by molar-refractivity contribution is -0.118. The molecule has 9 N–H and O–H groups in total. The summed E-state index contributed by atoms with van der Waals surface area (Å²) in [7, 11) is 6.13. The molecule has 0 aliphatic heterocycles. The molecule has 5 rings (SSSR count). The summed E-state index contributed by atoms with van der Waals surface area (Å²) in [4.78, 5) is 144. The van der Waals surface area contributed by atoms with Gasteiger partial charge in [0.25, 0.3) is 0 Å². The fraction of sp³-hybridized carbons (Fsp3) is 0.211. The van der Waals surface area contributed by atoms with Crippen LogP contribution in [0.1, 0.15) is 145 Å². The molecule has 0 aromatic heterocycles. The minimum absolute atomic E-state index is 0.0227. The summed E-state index contributed by atoms with van der Waals surface area (Å²) in [6.07, 6.45) is -0.0857. The Kier molecular flexibility index (Phi) is 28.9. The zero-order valence-corrected chi connectivity index (χ0v) is 45.5. The second-order valence-electron chi connectivity index (χ2n) is 16.7. The van der Waals surface area contributed by atoms with Gasteiger partial charge in [-0.2, -0.15) is 10.5 Å². The number of nitriles is 2. The molecular weight excluding hydrogens is 1090 g/mol. The van der Waals surface area contributed by atoms with Gasteiger partial charge in [0.2, 0.25) is 17.7 Å². The lowest BCUT2D eigenvalue weighted by Gasteiger charge is -2.05. The highest BCUT2D eigenvalue weighted by atomic mass is 16.5. The summed E-state index contributed by atoms with van der Waals surface area (Å²) >= 11 is 0. The van der Waals surface area contributed by atoms with Gasteiger partial charge in [0.1, 0.15) is 0 Å². The van der Waals surface area contributed by atoms with Crippen LogP contribution < -0.4 is 17.2 Å². The van der Waals surface area contributed by atoms with E-state index in [1.807, 2.05) is 12.1 Å². The average molecular weight is 1150 g/mol. The number of hydrogen-bond acceptors (Lipinski definition) is 20. The highest BCUT2D eigenvalue weighted by Gasteiger charge is 2.17. The Hall–Kier alpha value is -11.4. The van der Waals surface area contributed by atoms with Crippen LogP contribution in [0.25, 0.3) is 0 Å². The quantitative estimate of drug-likeness (QED) is 0.0409. The van der Waals surface area contributed by atoms with E-state index in [0.29, 0.717) is 33.4 Å². The Morgan fingerprint density at radius 1 is 0.337 bits per heavy atom. The van der Waals surface area contributed by atoms with Crippen LogP contribution in [-0.2, 0) is 70.2 Å². The number of primary amides is 3. The largest absolute Gasteiger partial charge is 0.478 e. The molecule has 0 atom stereocenters. The summed E-state index contributed by atoms with van der Waals surface area (Å²) in [6, 6.07) is 24.6. The monoisotopic (exact) mass is 1150 g/mol. The molecule has 0 radical (unpaired) electrons. The first-order chi connectivity index (χ1) is 39.0. The Morgan fingerprint density at radius 3 is 0.723 bits per heavy atom. The van der Waals surface area contributed by atoms with Crippen molar-refractivity contribution in [1.29, 1.82) is 10.5 Å². The van der Waals surface area contributed by atoms with Gasteiger partial charge < -0.3 is 56.2 Å². The molecule has 83 heavy (non-hydrogen) atoms. The molecule has 5 aromatic carbocycles. The number of carbonyl (C=O) groups excluding carboxylic acids is 10. The fourth-order valence-corrected chi connectivity index (χ4v) is 6.71. The lowest BCUT2D eigenvalue weighted by Crippen LogP contribution is -2.15. The van der Waals surface area contributed by atoms with Crippen molar-refractivity contribution in [3.05, 3.63) is 174 Å². The Labute approximate surface area is 472 Å². The van der Waals surface area contributed by atoms with Crippen molar-refractivity contribution < 1.29 is 101 Å². The molecule has 0 bridgehead atoms. The summed E-state index contributed by atoms with van der Waals surface area (Å²) < 4.78 is 22.7. The van der Waals surface area contributed by atoms with E-state index in [9.17, 15) is 62.3 Å². The third-order valence-corrected chi connectivity index (χ3v) is 10.3. The first kappa shape index (κ1) is 69.6. The number of carboxylic acid groups (broad SMARTS) is 3. The van der Waals surface area contributed by atoms with Crippen molar-refractivity contribution in [3.63, 3.8) is 0 Å². The van der Waals surface area contributed by atoms with Crippen molar-refractivity contribution in [2.45, 2.75) is 46.0 Å². The predicted molar refractivity (Wildman–Crippen MR) is 287 cm³/mol. The molecule has 0 fully saturated rings. The number of methoxy groups -OCH3 is 5. The van der Waals surface area contributed by atoms with E-state index in [1.54, 1.807) is 6.07 Å². The number of ketones is 2. The number of rotatable bonds is 18. The molecule has 0 spiro atoms. The second kappa shape index (κ2) is 34.5. The molecule has 26 nitrogen and oxygen atoms in total. The van der Waals surface area contributed by atoms with Crippen LogP contribution in [0.3, 0.4) is 0 Å². The van der Waals surface area contributed by atoms with E-state index in [0.717, 1.165) is 0 Å². The molecule has 3 amide bonds. The van der Waals surface area contributed by atoms with Gasteiger partial charge >= 0.3 is 47.8 Å². The van der Waals surface area contributed by atoms with Crippen LogP contribution in [0.15, 0.2) is 91.0 Å². The summed E-state index contributed by atoms with van der Waals surface area (Å²) in [5.41, 5.74) is 18.8. The first-order valence-corrected chi connectivity index (χ1v) is 23.4. The van der Waals surface area contributed by atoms with Crippen molar-refractivity contribution in [3.8, 4) is 12.1 Å². The smallest absolute Gasteiger partial charge is 0.337 e. The third-order valence-electron chi connectivity index (χ3n) is 10.3. The maximum absolute atomic E-state index is 11.4. The summed E-state index contributed by atoms with van der Waals surface area (Å²) in [5.74, 6) is -8.61. The predicted octanol–water partition coefficient (Wildman–Crippen LogP) is 4.08. The van der Waals surface area contributed by atoms with Crippen molar-refractivity contribution in [2.75, 3.05) is 35.5 Å². The highest BCUT2D eigenvalue weighted by Crippen LogP contribution is 2.17.